The molecule has 1 aromatic carbocycles. The van der Waals surface area contributed by atoms with Gasteiger partial charge in [0.25, 0.3) is 5.91 Å². The largest absolute Gasteiger partial charge is 0.335 e. The molecule has 0 spiro atoms. The van der Waals surface area contributed by atoms with E-state index in [-0.39, 0.29) is 11.9 Å². The van der Waals surface area contributed by atoms with Crippen LogP contribution >= 0.6 is 0 Å². The third-order valence-electron chi connectivity index (χ3n) is 5.25. The summed E-state index contributed by atoms with van der Waals surface area (Å²) in [6.45, 7) is 2.90. The lowest BCUT2D eigenvalue weighted by Gasteiger charge is -2.35. The molecular formula is C22H24N4O. The first-order valence-corrected chi connectivity index (χ1v) is 9.58. The zero-order valence-electron chi connectivity index (χ0n) is 15.6. The Kier molecular flexibility index (Phi) is 5.01. The number of nitrogens with zero attached hydrogens (tertiary/aromatic N) is 4. The van der Waals surface area contributed by atoms with Crippen molar-refractivity contribution in [3.8, 4) is 5.82 Å². The fourth-order valence-electron chi connectivity index (χ4n) is 3.86. The summed E-state index contributed by atoms with van der Waals surface area (Å²) in [5.41, 5.74) is 3.44. The van der Waals surface area contributed by atoms with Crippen LogP contribution in [0.25, 0.3) is 5.82 Å². The zero-order chi connectivity index (χ0) is 18.6. The standard InChI is InChI=1S/C22H24N4O/c1-2-12-26(20-9-7-17-5-3-4-6-18(17)14-20)22(27)19-8-10-21(24-15-19)25-13-11-23-16-25/h3-6,8,10-11,13,15-16,20H,2,7,9,12,14H2,1H3. The van der Waals surface area contributed by atoms with Crippen molar-refractivity contribution in [2.45, 2.75) is 38.6 Å². The average molecular weight is 360 g/mol. The molecular weight excluding hydrogens is 336 g/mol. The van der Waals surface area contributed by atoms with Crippen LogP contribution in [0.4, 0.5) is 0 Å². The van der Waals surface area contributed by atoms with Crippen LogP contribution in [0.5, 0.6) is 0 Å². The van der Waals surface area contributed by atoms with Gasteiger partial charge in [-0.05, 0) is 48.9 Å². The van der Waals surface area contributed by atoms with E-state index in [1.54, 1.807) is 18.7 Å². The van der Waals surface area contributed by atoms with Crippen molar-refractivity contribution >= 4 is 5.91 Å². The Labute approximate surface area is 159 Å². The number of hydrogen-bond donors (Lipinski definition) is 0. The predicted octanol–water partition coefficient (Wildman–Crippen LogP) is 3.68. The molecule has 3 aromatic rings. The molecule has 0 bridgehead atoms. The quantitative estimate of drug-likeness (QED) is 0.697. The summed E-state index contributed by atoms with van der Waals surface area (Å²) in [7, 11) is 0. The van der Waals surface area contributed by atoms with Crippen molar-refractivity contribution < 1.29 is 4.79 Å². The molecule has 2 heterocycles. The zero-order valence-corrected chi connectivity index (χ0v) is 15.6. The molecule has 138 valence electrons. The molecule has 1 aliphatic rings. The van der Waals surface area contributed by atoms with E-state index in [4.69, 9.17) is 0 Å². The number of imidazole rings is 1. The second-order valence-electron chi connectivity index (χ2n) is 7.04. The summed E-state index contributed by atoms with van der Waals surface area (Å²) < 4.78 is 1.83. The Morgan fingerprint density at radius 1 is 1.22 bits per heavy atom. The summed E-state index contributed by atoms with van der Waals surface area (Å²) >= 11 is 0. The highest BCUT2D eigenvalue weighted by Crippen LogP contribution is 2.25. The fourth-order valence-corrected chi connectivity index (χ4v) is 3.86. The van der Waals surface area contributed by atoms with Crippen molar-refractivity contribution in [2.75, 3.05) is 6.54 Å². The maximum atomic E-state index is 13.2. The molecule has 0 saturated heterocycles. The number of pyridine rings is 1. The smallest absolute Gasteiger partial charge is 0.255 e. The van der Waals surface area contributed by atoms with Crippen molar-refractivity contribution in [3.63, 3.8) is 0 Å². The number of rotatable bonds is 5. The molecule has 0 saturated carbocycles. The number of hydrogen-bond acceptors (Lipinski definition) is 3. The normalized spacial score (nSPS) is 16.0. The molecule has 27 heavy (non-hydrogen) atoms. The SMILES string of the molecule is CCCN(C(=O)c1ccc(-n2ccnc2)nc1)C1CCc2ccccc2C1. The molecule has 5 nitrogen and oxygen atoms in total. The maximum absolute atomic E-state index is 13.2. The van der Waals surface area contributed by atoms with E-state index in [1.807, 2.05) is 27.8 Å². The van der Waals surface area contributed by atoms with Gasteiger partial charge in [-0.3, -0.25) is 9.36 Å². The summed E-state index contributed by atoms with van der Waals surface area (Å²) in [5.74, 6) is 0.837. The van der Waals surface area contributed by atoms with Gasteiger partial charge in [-0.25, -0.2) is 9.97 Å². The average Bonchev–Trinajstić information content (AvgIpc) is 3.26. The van der Waals surface area contributed by atoms with Gasteiger partial charge in [0.15, 0.2) is 0 Å². The first kappa shape index (κ1) is 17.5. The van der Waals surface area contributed by atoms with Gasteiger partial charge in [0, 0.05) is 31.2 Å². The number of aromatic nitrogens is 3. The van der Waals surface area contributed by atoms with Crippen LogP contribution < -0.4 is 0 Å². The van der Waals surface area contributed by atoms with Crippen LogP contribution in [0.1, 0.15) is 41.3 Å². The molecule has 1 amide bonds. The lowest BCUT2D eigenvalue weighted by atomic mass is 9.87. The molecule has 2 aromatic heterocycles. The van der Waals surface area contributed by atoms with E-state index in [0.717, 1.165) is 38.0 Å². The molecule has 5 heteroatoms. The Morgan fingerprint density at radius 2 is 2.07 bits per heavy atom. The van der Waals surface area contributed by atoms with E-state index in [2.05, 4.69) is 41.2 Å². The van der Waals surface area contributed by atoms with Crippen LogP contribution in [-0.4, -0.2) is 37.9 Å². The molecule has 0 aliphatic heterocycles. The highest BCUT2D eigenvalue weighted by molar-refractivity contribution is 5.94. The number of fused-ring (bicyclic) bond motifs is 1. The highest BCUT2D eigenvalue weighted by atomic mass is 16.2. The van der Waals surface area contributed by atoms with Gasteiger partial charge in [0.05, 0.1) is 5.56 Å². The molecule has 0 N–H and O–H groups in total. The minimum absolute atomic E-state index is 0.0749. The van der Waals surface area contributed by atoms with Crippen molar-refractivity contribution in [2.24, 2.45) is 0 Å². The van der Waals surface area contributed by atoms with Crippen LogP contribution in [0, 0.1) is 0 Å². The van der Waals surface area contributed by atoms with Gasteiger partial charge in [-0.1, -0.05) is 31.2 Å². The van der Waals surface area contributed by atoms with Gasteiger partial charge in [0.2, 0.25) is 0 Å². The van der Waals surface area contributed by atoms with Crippen LogP contribution in [0.3, 0.4) is 0 Å². The van der Waals surface area contributed by atoms with E-state index in [1.165, 1.54) is 11.1 Å². The Bertz CT molecular complexity index is 902. The number of carbonyl (C=O) groups is 1. The lowest BCUT2D eigenvalue weighted by Crippen LogP contribution is -2.44. The van der Waals surface area contributed by atoms with Gasteiger partial charge >= 0.3 is 0 Å². The Morgan fingerprint density at radius 3 is 2.78 bits per heavy atom. The van der Waals surface area contributed by atoms with Gasteiger partial charge in [-0.2, -0.15) is 0 Å². The maximum Gasteiger partial charge on any atom is 0.255 e. The second kappa shape index (κ2) is 7.74. The summed E-state index contributed by atoms with van der Waals surface area (Å²) in [5, 5.41) is 0. The molecule has 0 fully saturated rings. The number of benzene rings is 1. The van der Waals surface area contributed by atoms with Gasteiger partial charge < -0.3 is 4.90 Å². The number of aryl methyl sites for hydroxylation is 1. The number of amides is 1. The third-order valence-corrected chi connectivity index (χ3v) is 5.25. The van der Waals surface area contributed by atoms with Crippen molar-refractivity contribution in [3.05, 3.63) is 78.0 Å². The molecule has 1 unspecified atom stereocenters. The van der Waals surface area contributed by atoms with E-state index < -0.39 is 0 Å². The van der Waals surface area contributed by atoms with E-state index in [0.29, 0.717) is 5.56 Å². The Hall–Kier alpha value is -2.95. The summed E-state index contributed by atoms with van der Waals surface area (Å²) in [4.78, 5) is 23.7. The third kappa shape index (κ3) is 3.63. The monoisotopic (exact) mass is 360 g/mol. The minimum atomic E-state index is 0.0749. The second-order valence-corrected chi connectivity index (χ2v) is 7.04. The molecule has 0 radical (unpaired) electrons. The fraction of sp³-hybridized carbons (Fsp3) is 0.318. The first-order valence-electron chi connectivity index (χ1n) is 9.58. The Balaban J connectivity index is 1.54. The number of carbonyl (C=O) groups excluding carboxylic acids is 1. The van der Waals surface area contributed by atoms with E-state index >= 15 is 0 Å². The van der Waals surface area contributed by atoms with Gasteiger partial charge in [-0.15, -0.1) is 0 Å². The summed E-state index contributed by atoms with van der Waals surface area (Å²) in [6, 6.07) is 12.6. The van der Waals surface area contributed by atoms with E-state index in [9.17, 15) is 4.79 Å². The van der Waals surface area contributed by atoms with Crippen LogP contribution in [-0.2, 0) is 12.8 Å². The molecule has 1 atom stereocenters. The minimum Gasteiger partial charge on any atom is -0.335 e. The predicted molar refractivity (Wildman–Crippen MR) is 105 cm³/mol. The molecule has 4 rings (SSSR count). The van der Waals surface area contributed by atoms with Crippen LogP contribution in [0.15, 0.2) is 61.3 Å². The topological polar surface area (TPSA) is 51.0 Å². The highest BCUT2D eigenvalue weighted by Gasteiger charge is 2.28. The van der Waals surface area contributed by atoms with Crippen LogP contribution in [0.2, 0.25) is 0 Å². The lowest BCUT2D eigenvalue weighted by molar-refractivity contribution is 0.0661. The molecule has 1 aliphatic carbocycles. The van der Waals surface area contributed by atoms with Gasteiger partial charge in [0.1, 0.15) is 12.1 Å². The van der Waals surface area contributed by atoms with Crippen molar-refractivity contribution in [1.29, 1.82) is 0 Å². The van der Waals surface area contributed by atoms with Crippen molar-refractivity contribution in [1.82, 2.24) is 19.4 Å². The first-order chi connectivity index (χ1) is 13.3. The summed E-state index contributed by atoms with van der Waals surface area (Å²) in [6.07, 6.45) is 10.9.